The number of anilines is 1. The van der Waals surface area contributed by atoms with E-state index in [9.17, 15) is 9.59 Å². The molecule has 1 aliphatic rings. The van der Waals surface area contributed by atoms with Crippen LogP contribution in [0.5, 0.6) is 0 Å². The molecule has 28 heavy (non-hydrogen) atoms. The van der Waals surface area contributed by atoms with Gasteiger partial charge in [-0.3, -0.25) is 14.5 Å². The van der Waals surface area contributed by atoms with E-state index in [4.69, 9.17) is 0 Å². The summed E-state index contributed by atoms with van der Waals surface area (Å²) in [6.07, 6.45) is 0. The third-order valence-corrected chi connectivity index (χ3v) is 6.23. The minimum absolute atomic E-state index is 0.156. The average Bonchev–Trinajstić information content (AvgIpc) is 2.75. The molecular formula is C23H16N2O2S. The number of nitrogens with one attached hydrogen (secondary N) is 1. The van der Waals surface area contributed by atoms with Gasteiger partial charge in [0, 0.05) is 16.6 Å². The normalized spacial score (nSPS) is 16.2. The number of amides is 1. The van der Waals surface area contributed by atoms with E-state index in [1.807, 2.05) is 84.9 Å². The lowest BCUT2D eigenvalue weighted by Crippen LogP contribution is -2.39. The first-order valence-corrected chi connectivity index (χ1v) is 9.87. The summed E-state index contributed by atoms with van der Waals surface area (Å²) < 4.78 is 0. The number of carbonyl (C=O) groups is 1. The molecule has 1 N–H and O–H groups in total. The lowest BCUT2D eigenvalue weighted by molar-refractivity contribution is 0.0980. The molecule has 0 saturated heterocycles. The zero-order valence-corrected chi connectivity index (χ0v) is 15.6. The highest BCUT2D eigenvalue weighted by Gasteiger charge is 2.37. The lowest BCUT2D eigenvalue weighted by atomic mass is 10.1. The first kappa shape index (κ1) is 16.8. The van der Waals surface area contributed by atoms with Crippen LogP contribution in [0.3, 0.4) is 0 Å². The second kappa shape index (κ2) is 6.69. The van der Waals surface area contributed by atoms with Crippen LogP contribution < -0.4 is 10.5 Å². The number of H-pyrrole nitrogens is 1. The van der Waals surface area contributed by atoms with Crippen LogP contribution in [0, 0.1) is 0 Å². The van der Waals surface area contributed by atoms with Crippen molar-refractivity contribution in [2.24, 2.45) is 0 Å². The Morgan fingerprint density at radius 1 is 0.786 bits per heavy atom. The molecule has 0 spiro atoms. The topological polar surface area (TPSA) is 53.2 Å². The van der Waals surface area contributed by atoms with E-state index in [2.05, 4.69) is 4.98 Å². The fourth-order valence-corrected chi connectivity index (χ4v) is 4.93. The monoisotopic (exact) mass is 384 g/mol. The molecule has 0 bridgehead atoms. The Morgan fingerprint density at radius 3 is 2.18 bits per heavy atom. The van der Waals surface area contributed by atoms with Crippen molar-refractivity contribution in [3.63, 3.8) is 0 Å². The van der Waals surface area contributed by atoms with Crippen molar-refractivity contribution in [3.05, 3.63) is 106 Å². The SMILES string of the molecule is O=C1c2c(c(=O)[nH]c3ccccc23)SC(c2ccccc2)N1c1ccccc1. The van der Waals surface area contributed by atoms with Crippen molar-refractivity contribution in [3.8, 4) is 0 Å². The van der Waals surface area contributed by atoms with Crippen LogP contribution in [0.2, 0.25) is 0 Å². The Labute approximate surface area is 165 Å². The second-order valence-corrected chi connectivity index (χ2v) is 7.69. The van der Waals surface area contributed by atoms with Crippen LogP contribution >= 0.6 is 11.8 Å². The third kappa shape index (κ3) is 2.63. The van der Waals surface area contributed by atoms with Crippen molar-refractivity contribution >= 4 is 34.3 Å². The Morgan fingerprint density at radius 2 is 1.43 bits per heavy atom. The third-order valence-electron chi connectivity index (χ3n) is 4.89. The number of hydrogen-bond acceptors (Lipinski definition) is 3. The van der Waals surface area contributed by atoms with Crippen LogP contribution in [-0.2, 0) is 0 Å². The lowest BCUT2D eigenvalue weighted by Gasteiger charge is -2.36. The number of pyridine rings is 1. The maximum Gasteiger partial charge on any atom is 0.263 e. The standard InChI is InChI=1S/C23H16N2O2S/c26-21-20-19(17-13-7-8-14-18(17)24-21)22(27)25(16-11-5-2-6-12-16)23(28-20)15-9-3-1-4-10-15/h1-14,23H,(H,24,26). The summed E-state index contributed by atoms with van der Waals surface area (Å²) in [5.74, 6) is -0.156. The Bertz CT molecular complexity index is 1240. The fraction of sp³-hybridized carbons (Fsp3) is 0.0435. The van der Waals surface area contributed by atoms with Crippen LogP contribution in [0.1, 0.15) is 21.3 Å². The largest absolute Gasteiger partial charge is 0.321 e. The van der Waals surface area contributed by atoms with Crippen molar-refractivity contribution in [2.45, 2.75) is 10.3 Å². The smallest absolute Gasteiger partial charge is 0.263 e. The van der Waals surface area contributed by atoms with E-state index < -0.39 is 0 Å². The maximum absolute atomic E-state index is 13.7. The highest BCUT2D eigenvalue weighted by Crippen LogP contribution is 2.46. The molecule has 1 aromatic heterocycles. The van der Waals surface area contributed by atoms with Gasteiger partial charge >= 0.3 is 0 Å². The first-order valence-electron chi connectivity index (χ1n) is 8.99. The zero-order chi connectivity index (χ0) is 19.1. The molecule has 1 unspecified atom stereocenters. The number of thioether (sulfide) groups is 1. The van der Waals surface area contributed by atoms with E-state index >= 15 is 0 Å². The van der Waals surface area contributed by atoms with Crippen LogP contribution in [0.25, 0.3) is 10.9 Å². The molecule has 1 aliphatic heterocycles. The number of benzene rings is 3. The Balaban J connectivity index is 1.79. The van der Waals surface area contributed by atoms with Gasteiger partial charge in [-0.05, 0) is 23.8 Å². The highest BCUT2D eigenvalue weighted by atomic mass is 32.2. The van der Waals surface area contributed by atoms with Gasteiger partial charge in [0.2, 0.25) is 0 Å². The highest BCUT2D eigenvalue weighted by molar-refractivity contribution is 7.99. The number of nitrogens with zero attached hydrogens (tertiary/aromatic N) is 1. The second-order valence-electron chi connectivity index (χ2n) is 6.60. The average molecular weight is 384 g/mol. The fourth-order valence-electron chi connectivity index (χ4n) is 3.62. The predicted molar refractivity (Wildman–Crippen MR) is 113 cm³/mol. The first-order chi connectivity index (χ1) is 13.7. The van der Waals surface area contributed by atoms with Crippen molar-refractivity contribution < 1.29 is 4.79 Å². The maximum atomic E-state index is 13.7. The zero-order valence-electron chi connectivity index (χ0n) is 14.8. The van der Waals surface area contributed by atoms with E-state index in [1.165, 1.54) is 11.8 Å². The molecule has 1 amide bonds. The molecule has 3 aromatic carbocycles. The number of hydrogen-bond donors (Lipinski definition) is 1. The van der Waals surface area contributed by atoms with Crippen LogP contribution in [0.15, 0.2) is 94.6 Å². The van der Waals surface area contributed by atoms with Gasteiger partial charge in [0.15, 0.2) is 0 Å². The van der Waals surface area contributed by atoms with E-state index in [0.717, 1.165) is 16.6 Å². The molecule has 0 radical (unpaired) electrons. The van der Waals surface area contributed by atoms with Crippen molar-refractivity contribution in [1.29, 1.82) is 0 Å². The molecule has 5 rings (SSSR count). The minimum atomic E-state index is -0.314. The van der Waals surface area contributed by atoms with Gasteiger partial charge in [0.1, 0.15) is 5.37 Å². The Hall–Kier alpha value is -3.31. The summed E-state index contributed by atoms with van der Waals surface area (Å²) in [7, 11) is 0. The summed E-state index contributed by atoms with van der Waals surface area (Å²) in [6, 6.07) is 26.9. The van der Waals surface area contributed by atoms with E-state index in [1.54, 1.807) is 4.90 Å². The summed E-state index contributed by atoms with van der Waals surface area (Å²) in [4.78, 5) is 31.7. The molecule has 136 valence electrons. The molecule has 2 heterocycles. The van der Waals surface area contributed by atoms with Crippen LogP contribution in [-0.4, -0.2) is 10.9 Å². The van der Waals surface area contributed by atoms with Crippen molar-refractivity contribution in [2.75, 3.05) is 4.90 Å². The summed E-state index contributed by atoms with van der Waals surface area (Å²) in [6.45, 7) is 0. The van der Waals surface area contributed by atoms with Crippen LogP contribution in [0.4, 0.5) is 5.69 Å². The predicted octanol–water partition coefficient (Wildman–Crippen LogP) is 4.98. The number of aromatic nitrogens is 1. The number of fused-ring (bicyclic) bond motifs is 3. The minimum Gasteiger partial charge on any atom is -0.321 e. The Kier molecular flexibility index (Phi) is 4.02. The molecule has 0 aliphatic carbocycles. The summed E-state index contributed by atoms with van der Waals surface area (Å²) >= 11 is 1.42. The molecule has 1 atom stereocenters. The van der Waals surface area contributed by atoms with Gasteiger partial charge < -0.3 is 4.98 Å². The van der Waals surface area contributed by atoms with Gasteiger partial charge in [-0.25, -0.2) is 0 Å². The number of carbonyl (C=O) groups excluding carboxylic acids is 1. The van der Waals surface area contributed by atoms with Gasteiger partial charge in [-0.15, -0.1) is 0 Å². The number of aromatic amines is 1. The molecule has 0 fully saturated rings. The van der Waals surface area contributed by atoms with Gasteiger partial charge in [-0.2, -0.15) is 0 Å². The van der Waals surface area contributed by atoms with Gasteiger partial charge in [0.05, 0.1) is 10.5 Å². The molecule has 4 aromatic rings. The quantitative estimate of drug-likeness (QED) is 0.530. The molecular weight excluding hydrogens is 368 g/mol. The van der Waals surface area contributed by atoms with Gasteiger partial charge in [0.25, 0.3) is 11.5 Å². The number of para-hydroxylation sites is 2. The summed E-state index contributed by atoms with van der Waals surface area (Å²) in [5, 5.41) is 0.452. The van der Waals surface area contributed by atoms with E-state index in [-0.39, 0.29) is 16.8 Å². The van der Waals surface area contributed by atoms with Crippen molar-refractivity contribution in [1.82, 2.24) is 4.98 Å². The van der Waals surface area contributed by atoms with Gasteiger partial charge in [-0.1, -0.05) is 78.5 Å². The molecule has 5 heteroatoms. The number of rotatable bonds is 2. The molecule has 0 saturated carbocycles. The summed E-state index contributed by atoms with van der Waals surface area (Å²) in [5.41, 5.74) is 2.71. The van der Waals surface area contributed by atoms with E-state index in [0.29, 0.717) is 16.0 Å². The molecule has 4 nitrogen and oxygen atoms in total.